The van der Waals surface area contributed by atoms with Gasteiger partial charge in [0.15, 0.2) is 5.79 Å². The molecular formula is C13H25ClN2O3. The molecule has 1 unspecified atom stereocenters. The van der Waals surface area contributed by atoms with E-state index in [1.807, 2.05) is 0 Å². The summed E-state index contributed by atoms with van der Waals surface area (Å²) in [6.45, 7) is 7.68. The molecule has 0 aliphatic carbocycles. The number of hydrogen-bond acceptors (Lipinski definition) is 5. The fourth-order valence-electron chi connectivity index (χ4n) is 3.03. The lowest BCUT2D eigenvalue weighted by atomic mass is 10.0. The van der Waals surface area contributed by atoms with Gasteiger partial charge in [-0.2, -0.15) is 0 Å². The molecule has 3 fully saturated rings. The number of nitrogens with one attached hydrogen (secondary N) is 1. The Bertz CT molecular complexity index is 259. The van der Waals surface area contributed by atoms with Crippen LogP contribution in [-0.4, -0.2) is 69.3 Å². The maximum absolute atomic E-state index is 5.74. The van der Waals surface area contributed by atoms with Crippen molar-refractivity contribution in [2.24, 2.45) is 0 Å². The van der Waals surface area contributed by atoms with Gasteiger partial charge >= 0.3 is 0 Å². The lowest BCUT2D eigenvalue weighted by molar-refractivity contribution is -0.185. The van der Waals surface area contributed by atoms with E-state index in [0.29, 0.717) is 6.10 Å². The van der Waals surface area contributed by atoms with Crippen molar-refractivity contribution in [1.29, 1.82) is 0 Å². The minimum absolute atomic E-state index is 0. The fourth-order valence-corrected chi connectivity index (χ4v) is 3.03. The summed E-state index contributed by atoms with van der Waals surface area (Å²) in [6.07, 6.45) is 3.54. The van der Waals surface area contributed by atoms with E-state index in [1.54, 1.807) is 0 Å². The number of halogens is 1. The highest BCUT2D eigenvalue weighted by atomic mass is 35.5. The summed E-state index contributed by atoms with van der Waals surface area (Å²) in [5.74, 6) is -0.237. The third-order valence-electron chi connectivity index (χ3n) is 4.20. The zero-order valence-electron chi connectivity index (χ0n) is 11.4. The van der Waals surface area contributed by atoms with Crippen LogP contribution < -0.4 is 5.32 Å². The van der Waals surface area contributed by atoms with Crippen molar-refractivity contribution >= 4 is 12.4 Å². The zero-order chi connectivity index (χ0) is 12.3. The van der Waals surface area contributed by atoms with Crippen LogP contribution in [0.1, 0.15) is 19.3 Å². The van der Waals surface area contributed by atoms with Crippen molar-refractivity contribution in [3.8, 4) is 0 Å². The molecule has 1 atom stereocenters. The number of piperidine rings is 1. The van der Waals surface area contributed by atoms with Gasteiger partial charge in [0.2, 0.25) is 0 Å². The van der Waals surface area contributed by atoms with Gasteiger partial charge in [-0.25, -0.2) is 0 Å². The monoisotopic (exact) mass is 292 g/mol. The molecule has 5 nitrogen and oxygen atoms in total. The first kappa shape index (κ1) is 15.5. The van der Waals surface area contributed by atoms with Crippen LogP contribution in [0.4, 0.5) is 0 Å². The van der Waals surface area contributed by atoms with E-state index in [-0.39, 0.29) is 18.2 Å². The Labute approximate surface area is 121 Å². The van der Waals surface area contributed by atoms with Crippen LogP contribution in [0, 0.1) is 0 Å². The summed E-state index contributed by atoms with van der Waals surface area (Å²) in [7, 11) is 0. The van der Waals surface area contributed by atoms with E-state index in [2.05, 4.69) is 10.2 Å². The predicted octanol–water partition coefficient (Wildman–Crippen LogP) is 0.626. The lowest BCUT2D eigenvalue weighted by Gasteiger charge is -2.38. The van der Waals surface area contributed by atoms with Crippen molar-refractivity contribution in [3.05, 3.63) is 0 Å². The molecule has 0 aromatic heterocycles. The minimum Gasteiger partial charge on any atom is -0.376 e. The van der Waals surface area contributed by atoms with Gasteiger partial charge in [-0.15, -0.1) is 12.4 Å². The molecule has 3 aliphatic rings. The maximum Gasteiger partial charge on any atom is 0.170 e. The summed E-state index contributed by atoms with van der Waals surface area (Å²) < 4.78 is 17.2. The molecule has 3 heterocycles. The van der Waals surface area contributed by atoms with Gasteiger partial charge < -0.3 is 24.4 Å². The highest BCUT2D eigenvalue weighted by molar-refractivity contribution is 5.85. The van der Waals surface area contributed by atoms with Gasteiger partial charge in [-0.1, -0.05) is 0 Å². The smallest absolute Gasteiger partial charge is 0.170 e. The lowest BCUT2D eigenvalue weighted by Crippen LogP contribution is -2.46. The van der Waals surface area contributed by atoms with E-state index in [9.17, 15) is 0 Å². The van der Waals surface area contributed by atoms with Crippen LogP contribution >= 0.6 is 12.4 Å². The van der Waals surface area contributed by atoms with E-state index in [0.717, 1.165) is 71.8 Å². The van der Waals surface area contributed by atoms with Crippen LogP contribution in [0.2, 0.25) is 0 Å². The first-order chi connectivity index (χ1) is 8.86. The second kappa shape index (κ2) is 7.20. The summed E-state index contributed by atoms with van der Waals surface area (Å²) in [4.78, 5) is 2.51. The average Bonchev–Trinajstić information content (AvgIpc) is 2.88. The normalized spacial score (nSPS) is 31.3. The number of rotatable bonds is 3. The molecule has 1 spiro atoms. The molecule has 3 rings (SSSR count). The van der Waals surface area contributed by atoms with Gasteiger partial charge in [0.05, 0.1) is 25.9 Å². The second-order valence-electron chi connectivity index (χ2n) is 5.43. The Balaban J connectivity index is 0.00000133. The molecule has 112 valence electrons. The quantitative estimate of drug-likeness (QED) is 0.826. The number of morpholine rings is 1. The van der Waals surface area contributed by atoms with Crippen molar-refractivity contribution in [2.75, 3.05) is 52.5 Å². The zero-order valence-corrected chi connectivity index (χ0v) is 12.3. The van der Waals surface area contributed by atoms with Crippen LogP contribution in [0.3, 0.4) is 0 Å². The third kappa shape index (κ3) is 4.03. The van der Waals surface area contributed by atoms with Crippen LogP contribution in [-0.2, 0) is 14.2 Å². The Morgan fingerprint density at radius 2 is 1.84 bits per heavy atom. The van der Waals surface area contributed by atoms with E-state index >= 15 is 0 Å². The number of nitrogens with zero attached hydrogens (tertiary/aromatic N) is 1. The largest absolute Gasteiger partial charge is 0.376 e. The van der Waals surface area contributed by atoms with Gasteiger partial charge in [-0.05, 0) is 6.42 Å². The molecule has 0 bridgehead atoms. The first-order valence-corrected chi connectivity index (χ1v) is 7.19. The topological polar surface area (TPSA) is 43.0 Å². The van der Waals surface area contributed by atoms with Crippen LogP contribution in [0.25, 0.3) is 0 Å². The SMILES string of the molecule is C1COC(CCN2CCC3(CC2)OCCO3)CN1.Cl. The number of hydrogen-bond donors (Lipinski definition) is 1. The Hall–Kier alpha value is 0.0900. The molecule has 3 aliphatic heterocycles. The van der Waals surface area contributed by atoms with Crippen LogP contribution in [0.5, 0.6) is 0 Å². The van der Waals surface area contributed by atoms with Gasteiger partial charge in [0, 0.05) is 45.6 Å². The van der Waals surface area contributed by atoms with Crippen molar-refractivity contribution in [1.82, 2.24) is 10.2 Å². The Kier molecular flexibility index (Phi) is 5.87. The third-order valence-corrected chi connectivity index (χ3v) is 4.20. The second-order valence-corrected chi connectivity index (χ2v) is 5.43. The number of likely N-dealkylation sites (tertiary alicyclic amines) is 1. The molecule has 0 aromatic rings. The van der Waals surface area contributed by atoms with Gasteiger partial charge in [-0.3, -0.25) is 0 Å². The van der Waals surface area contributed by atoms with Gasteiger partial charge in [0.25, 0.3) is 0 Å². The highest BCUT2D eigenvalue weighted by Crippen LogP contribution is 2.31. The molecule has 1 N–H and O–H groups in total. The molecule has 3 saturated heterocycles. The predicted molar refractivity (Wildman–Crippen MR) is 74.8 cm³/mol. The summed E-state index contributed by atoms with van der Waals surface area (Å²) in [6, 6.07) is 0. The number of ether oxygens (including phenoxy) is 3. The molecule has 6 heteroatoms. The van der Waals surface area contributed by atoms with Crippen molar-refractivity contribution in [3.63, 3.8) is 0 Å². The summed E-state index contributed by atoms with van der Waals surface area (Å²) in [5, 5.41) is 3.38. The molecule has 0 aromatic carbocycles. The fraction of sp³-hybridized carbons (Fsp3) is 1.00. The van der Waals surface area contributed by atoms with E-state index in [1.165, 1.54) is 0 Å². The van der Waals surface area contributed by atoms with Crippen LogP contribution in [0.15, 0.2) is 0 Å². The minimum atomic E-state index is -0.237. The van der Waals surface area contributed by atoms with Crippen molar-refractivity contribution in [2.45, 2.75) is 31.2 Å². The Morgan fingerprint density at radius 1 is 1.11 bits per heavy atom. The average molecular weight is 293 g/mol. The molecule has 0 saturated carbocycles. The molecular weight excluding hydrogens is 268 g/mol. The molecule has 0 radical (unpaired) electrons. The standard InChI is InChI=1S/C13H24N2O3.ClH/c1(12-11-14-4-8-16-12)5-15-6-2-13(3-7-15)17-9-10-18-13;/h12,14H,1-11H2;1H. The first-order valence-electron chi connectivity index (χ1n) is 7.19. The summed E-state index contributed by atoms with van der Waals surface area (Å²) in [5.41, 5.74) is 0. The van der Waals surface area contributed by atoms with E-state index < -0.39 is 0 Å². The Morgan fingerprint density at radius 3 is 2.47 bits per heavy atom. The molecule has 19 heavy (non-hydrogen) atoms. The highest BCUT2D eigenvalue weighted by Gasteiger charge is 2.39. The summed E-state index contributed by atoms with van der Waals surface area (Å²) >= 11 is 0. The van der Waals surface area contributed by atoms with Gasteiger partial charge in [0.1, 0.15) is 0 Å². The van der Waals surface area contributed by atoms with E-state index in [4.69, 9.17) is 14.2 Å². The van der Waals surface area contributed by atoms with Crippen molar-refractivity contribution < 1.29 is 14.2 Å². The maximum atomic E-state index is 5.74. The molecule has 0 amide bonds.